The van der Waals surface area contributed by atoms with Crippen molar-refractivity contribution in [3.05, 3.63) is 36.0 Å². The SMILES string of the molecule is O=C([O-])c1nc2ccccc2cc1O.[Na+]. The van der Waals surface area contributed by atoms with Crippen LogP contribution >= 0.6 is 0 Å². The molecule has 1 heterocycles. The molecule has 0 unspecified atom stereocenters. The number of aromatic hydroxyl groups is 1. The number of aromatic carboxylic acids is 1. The van der Waals surface area contributed by atoms with E-state index in [9.17, 15) is 15.0 Å². The van der Waals surface area contributed by atoms with Crippen LogP contribution in [-0.4, -0.2) is 16.1 Å². The molecule has 0 radical (unpaired) electrons. The van der Waals surface area contributed by atoms with Crippen molar-refractivity contribution in [2.75, 3.05) is 0 Å². The van der Waals surface area contributed by atoms with Crippen LogP contribution in [0.1, 0.15) is 10.5 Å². The van der Waals surface area contributed by atoms with E-state index in [0.717, 1.165) is 0 Å². The Labute approximate surface area is 108 Å². The molecule has 0 aliphatic heterocycles. The molecule has 15 heavy (non-hydrogen) atoms. The number of carboxylic acids is 1. The van der Waals surface area contributed by atoms with Gasteiger partial charge in [0.2, 0.25) is 0 Å². The molecule has 70 valence electrons. The van der Waals surface area contributed by atoms with E-state index < -0.39 is 11.7 Å². The number of carbonyl (C=O) groups excluding carboxylic acids is 1. The molecule has 0 bridgehead atoms. The van der Waals surface area contributed by atoms with E-state index in [1.807, 2.05) is 0 Å². The summed E-state index contributed by atoms with van der Waals surface area (Å²) in [5.41, 5.74) is 0.0909. The molecule has 2 rings (SSSR count). The number of rotatable bonds is 1. The number of benzene rings is 1. The van der Waals surface area contributed by atoms with Crippen LogP contribution in [-0.2, 0) is 0 Å². The predicted octanol–water partition coefficient (Wildman–Crippen LogP) is -2.69. The normalized spacial score (nSPS) is 9.60. The first kappa shape index (κ1) is 12.0. The number of hydrogen-bond donors (Lipinski definition) is 1. The largest absolute Gasteiger partial charge is 1.00 e. The minimum atomic E-state index is -1.48. The topological polar surface area (TPSA) is 73.2 Å². The fourth-order valence-electron chi connectivity index (χ4n) is 1.25. The van der Waals surface area contributed by atoms with E-state index in [4.69, 9.17) is 0 Å². The zero-order chi connectivity index (χ0) is 10.1. The Kier molecular flexibility index (Phi) is 3.68. The van der Waals surface area contributed by atoms with Crippen molar-refractivity contribution in [2.24, 2.45) is 0 Å². The minimum Gasteiger partial charge on any atom is -0.543 e. The number of pyridine rings is 1. The summed E-state index contributed by atoms with van der Waals surface area (Å²) in [5.74, 6) is -1.85. The summed E-state index contributed by atoms with van der Waals surface area (Å²) in [7, 11) is 0. The quantitative estimate of drug-likeness (QED) is 0.521. The van der Waals surface area contributed by atoms with E-state index in [1.54, 1.807) is 24.3 Å². The molecular formula is C10H6NNaO3. The van der Waals surface area contributed by atoms with Crippen molar-refractivity contribution in [1.29, 1.82) is 0 Å². The van der Waals surface area contributed by atoms with Gasteiger partial charge in [0, 0.05) is 5.39 Å². The second-order valence-electron chi connectivity index (χ2n) is 2.84. The van der Waals surface area contributed by atoms with Gasteiger partial charge in [-0.05, 0) is 12.1 Å². The molecule has 0 saturated carbocycles. The van der Waals surface area contributed by atoms with Gasteiger partial charge in [-0.15, -0.1) is 0 Å². The van der Waals surface area contributed by atoms with E-state index in [-0.39, 0.29) is 35.3 Å². The molecular weight excluding hydrogens is 205 g/mol. The maximum absolute atomic E-state index is 10.5. The number of hydrogen-bond acceptors (Lipinski definition) is 4. The molecule has 0 saturated heterocycles. The van der Waals surface area contributed by atoms with Crippen LogP contribution in [0.5, 0.6) is 5.75 Å². The standard InChI is InChI=1S/C10H7NO3.Na/c12-8-5-6-3-1-2-4-7(6)11-9(8)10(13)14;/h1-5,12H,(H,13,14);/q;+1/p-1. The van der Waals surface area contributed by atoms with Gasteiger partial charge in [-0.25, -0.2) is 4.98 Å². The van der Waals surface area contributed by atoms with Gasteiger partial charge >= 0.3 is 29.6 Å². The van der Waals surface area contributed by atoms with E-state index in [0.29, 0.717) is 10.9 Å². The maximum Gasteiger partial charge on any atom is 1.00 e. The number of aromatic nitrogens is 1. The van der Waals surface area contributed by atoms with Crippen LogP contribution in [0.4, 0.5) is 0 Å². The Balaban J connectivity index is 0.00000112. The molecule has 0 amide bonds. The van der Waals surface area contributed by atoms with Crippen molar-refractivity contribution in [1.82, 2.24) is 4.98 Å². The summed E-state index contributed by atoms with van der Waals surface area (Å²) in [4.78, 5) is 14.3. The summed E-state index contributed by atoms with van der Waals surface area (Å²) in [6.07, 6.45) is 0. The third-order valence-corrected chi connectivity index (χ3v) is 1.90. The van der Waals surface area contributed by atoms with E-state index in [2.05, 4.69) is 4.98 Å². The van der Waals surface area contributed by atoms with Crippen LogP contribution in [0.3, 0.4) is 0 Å². The Morgan fingerprint density at radius 2 is 2.00 bits per heavy atom. The van der Waals surface area contributed by atoms with Gasteiger partial charge < -0.3 is 15.0 Å². The van der Waals surface area contributed by atoms with Crippen LogP contribution in [0.25, 0.3) is 10.9 Å². The molecule has 0 aliphatic rings. The third kappa shape index (κ3) is 2.28. The molecule has 1 N–H and O–H groups in total. The number of fused-ring (bicyclic) bond motifs is 1. The van der Waals surface area contributed by atoms with Gasteiger partial charge in [-0.3, -0.25) is 0 Å². The van der Waals surface area contributed by atoms with E-state index in [1.165, 1.54) is 6.07 Å². The second kappa shape index (κ2) is 4.61. The van der Waals surface area contributed by atoms with Crippen molar-refractivity contribution in [2.45, 2.75) is 0 Å². The first-order valence-electron chi connectivity index (χ1n) is 3.98. The summed E-state index contributed by atoms with van der Waals surface area (Å²) in [6, 6.07) is 8.28. The maximum atomic E-state index is 10.5. The molecule has 0 aliphatic carbocycles. The monoisotopic (exact) mass is 211 g/mol. The molecule has 0 spiro atoms. The number of nitrogens with zero attached hydrogens (tertiary/aromatic N) is 1. The first-order valence-corrected chi connectivity index (χ1v) is 3.98. The van der Waals surface area contributed by atoms with Crippen LogP contribution < -0.4 is 34.7 Å². The summed E-state index contributed by atoms with van der Waals surface area (Å²) in [5, 5.41) is 20.5. The number of carboxylic acid groups (broad SMARTS) is 1. The molecule has 0 atom stereocenters. The van der Waals surface area contributed by atoms with E-state index >= 15 is 0 Å². The number of para-hydroxylation sites is 1. The van der Waals surface area contributed by atoms with Crippen molar-refractivity contribution in [3.63, 3.8) is 0 Å². The summed E-state index contributed by atoms with van der Waals surface area (Å²) >= 11 is 0. The average molecular weight is 211 g/mol. The third-order valence-electron chi connectivity index (χ3n) is 1.90. The fourth-order valence-corrected chi connectivity index (χ4v) is 1.25. The van der Waals surface area contributed by atoms with Crippen molar-refractivity contribution < 1.29 is 44.6 Å². The smallest absolute Gasteiger partial charge is 0.543 e. The molecule has 4 nitrogen and oxygen atoms in total. The predicted molar refractivity (Wildman–Crippen MR) is 47.7 cm³/mol. The van der Waals surface area contributed by atoms with Gasteiger partial charge in [-0.2, -0.15) is 0 Å². The molecule has 5 heteroatoms. The second-order valence-corrected chi connectivity index (χ2v) is 2.84. The van der Waals surface area contributed by atoms with Gasteiger partial charge in [0.1, 0.15) is 11.4 Å². The average Bonchev–Trinajstić information content (AvgIpc) is 2.16. The zero-order valence-electron chi connectivity index (χ0n) is 8.10. The first-order chi connectivity index (χ1) is 6.68. The Morgan fingerprint density at radius 1 is 1.33 bits per heavy atom. The molecule has 1 aromatic carbocycles. The Hall–Kier alpha value is -1.10. The van der Waals surface area contributed by atoms with Gasteiger partial charge in [0.25, 0.3) is 0 Å². The Bertz CT molecular complexity index is 513. The van der Waals surface area contributed by atoms with Gasteiger partial charge in [0.05, 0.1) is 11.5 Å². The van der Waals surface area contributed by atoms with Crippen LogP contribution in [0, 0.1) is 0 Å². The zero-order valence-corrected chi connectivity index (χ0v) is 10.1. The van der Waals surface area contributed by atoms with Crippen LogP contribution in [0.2, 0.25) is 0 Å². The molecule has 0 fully saturated rings. The van der Waals surface area contributed by atoms with Gasteiger partial charge in [0.15, 0.2) is 0 Å². The summed E-state index contributed by atoms with van der Waals surface area (Å²) < 4.78 is 0. The minimum absolute atomic E-state index is 0. The fraction of sp³-hybridized carbons (Fsp3) is 0. The molecule has 1 aromatic heterocycles. The van der Waals surface area contributed by atoms with Crippen molar-refractivity contribution in [3.8, 4) is 5.75 Å². The Morgan fingerprint density at radius 3 is 2.67 bits per heavy atom. The van der Waals surface area contributed by atoms with Crippen LogP contribution in [0.15, 0.2) is 30.3 Å². The van der Waals surface area contributed by atoms with Gasteiger partial charge in [-0.1, -0.05) is 18.2 Å². The number of carbonyl (C=O) groups is 1. The van der Waals surface area contributed by atoms with Crippen molar-refractivity contribution >= 4 is 16.9 Å². The summed E-state index contributed by atoms with van der Waals surface area (Å²) in [6.45, 7) is 0. The molecule has 2 aromatic rings.